The van der Waals surface area contributed by atoms with E-state index in [0.717, 1.165) is 6.42 Å². The molecule has 0 amide bonds. The molecule has 25 heavy (non-hydrogen) atoms. The van der Waals surface area contributed by atoms with Gasteiger partial charge in [-0.05, 0) is 25.0 Å². The molecule has 1 aromatic carbocycles. The van der Waals surface area contributed by atoms with Crippen LogP contribution in [0.4, 0.5) is 14.6 Å². The summed E-state index contributed by atoms with van der Waals surface area (Å²) >= 11 is 0. The number of aromatic nitrogens is 2. The molecule has 0 saturated carbocycles. The Bertz CT molecular complexity index is 957. The molecule has 0 N–H and O–H groups in total. The van der Waals surface area contributed by atoms with E-state index in [1.807, 2.05) is 0 Å². The number of anilines is 1. The Morgan fingerprint density at radius 3 is 2.92 bits per heavy atom. The van der Waals surface area contributed by atoms with Crippen molar-refractivity contribution < 1.29 is 22.7 Å². The van der Waals surface area contributed by atoms with E-state index in [0.29, 0.717) is 35.0 Å². The molecule has 4 rings (SSSR count). The highest BCUT2D eigenvalue weighted by Crippen LogP contribution is 2.37. The van der Waals surface area contributed by atoms with Crippen molar-refractivity contribution in [3.8, 4) is 0 Å². The summed E-state index contributed by atoms with van der Waals surface area (Å²) in [6.07, 6.45) is -1.52. The van der Waals surface area contributed by atoms with Crippen molar-refractivity contribution in [2.45, 2.75) is 25.3 Å². The number of esters is 1. The topological polar surface area (TPSA) is 68.5 Å². The molecule has 6 nitrogen and oxygen atoms in total. The molecule has 8 heteroatoms. The van der Waals surface area contributed by atoms with Crippen molar-refractivity contribution in [3.05, 3.63) is 30.1 Å². The second kappa shape index (κ2) is 5.94. The lowest BCUT2D eigenvalue weighted by Crippen LogP contribution is -2.37. The fourth-order valence-electron chi connectivity index (χ4n) is 3.29. The first-order valence-electron chi connectivity index (χ1n) is 7.92. The Labute approximate surface area is 141 Å². The molecule has 1 atom stereocenters. The van der Waals surface area contributed by atoms with Gasteiger partial charge in [0.15, 0.2) is 17.2 Å². The van der Waals surface area contributed by atoms with Crippen LogP contribution in [0, 0.1) is 0 Å². The Morgan fingerprint density at radius 1 is 1.36 bits per heavy atom. The molecule has 1 aliphatic heterocycles. The molecule has 3 heterocycles. The summed E-state index contributed by atoms with van der Waals surface area (Å²) in [6.45, 7) is 0.506. The number of hydrogen-bond acceptors (Lipinski definition) is 6. The van der Waals surface area contributed by atoms with E-state index in [1.165, 1.54) is 7.11 Å². The number of benzene rings is 1. The largest absolute Gasteiger partial charge is 0.467 e. The molecule has 130 valence electrons. The lowest BCUT2D eigenvalue weighted by atomic mass is 10.2. The maximum atomic E-state index is 13.3. The molecule has 0 aliphatic carbocycles. The summed E-state index contributed by atoms with van der Waals surface area (Å²) < 4.78 is 37.3. The lowest BCUT2D eigenvalue weighted by Gasteiger charge is -2.23. The lowest BCUT2D eigenvalue weighted by molar-refractivity contribution is -0.141. The monoisotopic (exact) mass is 347 g/mol. The SMILES string of the molecule is COC(=O)[C@@H]1CCCN1c1nc(C(F)F)nc2c1oc1ccccc12. The number of carbonyl (C=O) groups excluding carboxylic acids is 1. The number of para-hydroxylation sites is 1. The molecular weight excluding hydrogens is 332 g/mol. The predicted octanol–water partition coefficient (Wildman–Crippen LogP) is 3.46. The number of rotatable bonds is 3. The molecule has 0 radical (unpaired) electrons. The van der Waals surface area contributed by atoms with Crippen LogP contribution in [0.25, 0.3) is 22.1 Å². The normalized spacial score (nSPS) is 17.8. The molecule has 1 saturated heterocycles. The van der Waals surface area contributed by atoms with Crippen LogP contribution in [0.5, 0.6) is 0 Å². The Balaban J connectivity index is 1.97. The molecule has 1 aliphatic rings. The van der Waals surface area contributed by atoms with Gasteiger partial charge in [-0.2, -0.15) is 0 Å². The predicted molar refractivity (Wildman–Crippen MR) is 86.7 cm³/mol. The summed E-state index contributed by atoms with van der Waals surface area (Å²) in [7, 11) is 1.31. The van der Waals surface area contributed by atoms with E-state index < -0.39 is 24.3 Å². The standard InChI is InChI=1S/C17H15F2N3O3/c1-24-17(23)10-6-4-8-22(10)16-13-12(20-15(21-16)14(18)19)9-5-2-3-7-11(9)25-13/h2-3,5,7,10,14H,4,6,8H2,1H3/t10-/m0/s1. The van der Waals surface area contributed by atoms with Crippen LogP contribution in [-0.4, -0.2) is 35.6 Å². The van der Waals surface area contributed by atoms with Crippen LogP contribution in [0.3, 0.4) is 0 Å². The van der Waals surface area contributed by atoms with Gasteiger partial charge in [-0.3, -0.25) is 0 Å². The number of methoxy groups -OCH3 is 1. The van der Waals surface area contributed by atoms with Crippen LogP contribution < -0.4 is 4.90 Å². The fraction of sp³-hybridized carbons (Fsp3) is 0.353. The van der Waals surface area contributed by atoms with Crippen molar-refractivity contribution in [3.63, 3.8) is 0 Å². The third-order valence-electron chi connectivity index (χ3n) is 4.41. The van der Waals surface area contributed by atoms with E-state index in [1.54, 1.807) is 29.2 Å². The summed E-state index contributed by atoms with van der Waals surface area (Å²) in [5.74, 6) is -0.784. The third-order valence-corrected chi connectivity index (χ3v) is 4.41. The minimum absolute atomic E-state index is 0.212. The van der Waals surface area contributed by atoms with Gasteiger partial charge in [0.2, 0.25) is 0 Å². The summed E-state index contributed by atoms with van der Waals surface area (Å²) in [5, 5.41) is 0.636. The van der Waals surface area contributed by atoms with Crippen LogP contribution in [-0.2, 0) is 9.53 Å². The number of fused-ring (bicyclic) bond motifs is 3. The number of alkyl halides is 2. The number of nitrogens with zero attached hydrogens (tertiary/aromatic N) is 3. The molecule has 0 spiro atoms. The zero-order valence-electron chi connectivity index (χ0n) is 13.4. The van der Waals surface area contributed by atoms with Gasteiger partial charge in [-0.25, -0.2) is 23.5 Å². The second-order valence-corrected chi connectivity index (χ2v) is 5.86. The van der Waals surface area contributed by atoms with Gasteiger partial charge >= 0.3 is 5.97 Å². The maximum Gasteiger partial charge on any atom is 0.328 e. The van der Waals surface area contributed by atoms with Gasteiger partial charge in [-0.1, -0.05) is 12.1 Å². The number of hydrogen-bond donors (Lipinski definition) is 0. The summed E-state index contributed by atoms with van der Waals surface area (Å²) in [6, 6.07) is 6.51. The van der Waals surface area contributed by atoms with Crippen LogP contribution in [0.15, 0.2) is 28.7 Å². The smallest absolute Gasteiger partial charge is 0.328 e. The van der Waals surface area contributed by atoms with E-state index in [9.17, 15) is 13.6 Å². The Kier molecular flexibility index (Phi) is 3.74. The third kappa shape index (κ3) is 2.48. The van der Waals surface area contributed by atoms with Crippen molar-refractivity contribution in [1.82, 2.24) is 9.97 Å². The Hall–Kier alpha value is -2.77. The zero-order chi connectivity index (χ0) is 17.6. The Morgan fingerprint density at radius 2 is 2.16 bits per heavy atom. The van der Waals surface area contributed by atoms with E-state index in [2.05, 4.69) is 9.97 Å². The maximum absolute atomic E-state index is 13.3. The molecular formula is C17H15F2N3O3. The highest BCUT2D eigenvalue weighted by Gasteiger charge is 2.35. The van der Waals surface area contributed by atoms with Crippen molar-refractivity contribution in [2.24, 2.45) is 0 Å². The zero-order valence-corrected chi connectivity index (χ0v) is 13.4. The van der Waals surface area contributed by atoms with Crippen molar-refractivity contribution >= 4 is 33.9 Å². The highest BCUT2D eigenvalue weighted by atomic mass is 19.3. The van der Waals surface area contributed by atoms with Gasteiger partial charge in [0.1, 0.15) is 17.1 Å². The number of halogens is 2. The first-order chi connectivity index (χ1) is 12.1. The number of ether oxygens (including phenoxy) is 1. The van der Waals surface area contributed by atoms with Gasteiger partial charge in [-0.15, -0.1) is 0 Å². The molecule has 0 unspecified atom stereocenters. The van der Waals surface area contributed by atoms with Gasteiger partial charge in [0, 0.05) is 11.9 Å². The molecule has 2 aromatic heterocycles. The minimum Gasteiger partial charge on any atom is -0.467 e. The second-order valence-electron chi connectivity index (χ2n) is 5.86. The molecule has 3 aromatic rings. The van der Waals surface area contributed by atoms with E-state index in [-0.39, 0.29) is 5.82 Å². The van der Waals surface area contributed by atoms with Crippen LogP contribution in [0.1, 0.15) is 25.1 Å². The fourth-order valence-corrected chi connectivity index (χ4v) is 3.29. The van der Waals surface area contributed by atoms with E-state index >= 15 is 0 Å². The average Bonchev–Trinajstić information content (AvgIpc) is 3.24. The average molecular weight is 347 g/mol. The summed E-state index contributed by atoms with van der Waals surface area (Å²) in [4.78, 5) is 21.7. The number of carbonyl (C=O) groups is 1. The number of furan rings is 1. The first kappa shape index (κ1) is 15.7. The molecule has 1 fully saturated rings. The first-order valence-corrected chi connectivity index (χ1v) is 7.92. The van der Waals surface area contributed by atoms with Crippen LogP contribution in [0.2, 0.25) is 0 Å². The minimum atomic E-state index is -2.82. The van der Waals surface area contributed by atoms with Crippen LogP contribution >= 0.6 is 0 Å². The van der Waals surface area contributed by atoms with Crippen molar-refractivity contribution in [1.29, 1.82) is 0 Å². The van der Waals surface area contributed by atoms with Gasteiger partial charge < -0.3 is 14.1 Å². The summed E-state index contributed by atoms with van der Waals surface area (Å²) in [5.41, 5.74) is 1.17. The van der Waals surface area contributed by atoms with Gasteiger partial charge in [0.25, 0.3) is 6.43 Å². The quantitative estimate of drug-likeness (QED) is 0.676. The van der Waals surface area contributed by atoms with Gasteiger partial charge in [0.05, 0.1) is 7.11 Å². The molecule has 0 bridgehead atoms. The van der Waals surface area contributed by atoms with Crippen molar-refractivity contribution in [2.75, 3.05) is 18.6 Å². The highest BCUT2D eigenvalue weighted by molar-refractivity contribution is 6.06. The van der Waals surface area contributed by atoms with E-state index in [4.69, 9.17) is 9.15 Å².